The van der Waals surface area contributed by atoms with E-state index in [1.807, 2.05) is 30.3 Å². The van der Waals surface area contributed by atoms with Crippen LogP contribution in [0.5, 0.6) is 0 Å². The third kappa shape index (κ3) is 9.27. The summed E-state index contributed by atoms with van der Waals surface area (Å²) in [5.74, 6) is -1.32. The lowest BCUT2D eigenvalue weighted by molar-refractivity contribution is -0.140. The SMILES string of the molecule is CC(=O)N[C@@H](CS)C(=O)O.S=C=NCc1ccccc1. The maximum Gasteiger partial charge on any atom is 0.327 e. The molecule has 108 valence electrons. The molecule has 0 unspecified atom stereocenters. The zero-order chi connectivity index (χ0) is 15.4. The summed E-state index contributed by atoms with van der Waals surface area (Å²) in [5, 5.41) is 12.9. The molecule has 0 spiro atoms. The molecule has 1 rings (SSSR count). The van der Waals surface area contributed by atoms with Gasteiger partial charge in [0, 0.05) is 12.7 Å². The number of aliphatic imine (C=N–C) groups is 1. The van der Waals surface area contributed by atoms with Gasteiger partial charge in [-0.3, -0.25) is 4.79 Å². The Morgan fingerprint density at radius 1 is 1.45 bits per heavy atom. The van der Waals surface area contributed by atoms with Gasteiger partial charge in [-0.25, -0.2) is 9.79 Å². The number of nitrogens with one attached hydrogen (secondary N) is 1. The second kappa shape index (κ2) is 11.2. The summed E-state index contributed by atoms with van der Waals surface area (Å²) in [6.45, 7) is 1.91. The number of carbonyl (C=O) groups excluding carboxylic acids is 1. The Morgan fingerprint density at radius 3 is 2.40 bits per heavy atom. The number of thiol groups is 1. The Bertz CT molecular complexity index is 474. The molecular weight excluding hydrogens is 296 g/mol. The molecule has 0 bridgehead atoms. The van der Waals surface area contributed by atoms with Crippen molar-refractivity contribution < 1.29 is 14.7 Å². The van der Waals surface area contributed by atoms with Crippen molar-refractivity contribution in [1.82, 2.24) is 5.32 Å². The van der Waals surface area contributed by atoms with Crippen molar-refractivity contribution in [3.63, 3.8) is 0 Å². The highest BCUT2D eigenvalue weighted by Crippen LogP contribution is 1.98. The van der Waals surface area contributed by atoms with E-state index in [1.165, 1.54) is 12.5 Å². The highest BCUT2D eigenvalue weighted by Gasteiger charge is 2.15. The molecule has 5 nitrogen and oxygen atoms in total. The molecule has 1 aromatic rings. The first kappa shape index (κ1) is 18.3. The molecule has 0 aliphatic carbocycles. The van der Waals surface area contributed by atoms with Crippen LogP contribution in [-0.4, -0.2) is 33.9 Å². The third-order valence-corrected chi connectivity index (χ3v) is 2.52. The molecule has 0 saturated heterocycles. The third-order valence-electron chi connectivity index (χ3n) is 2.03. The van der Waals surface area contributed by atoms with Crippen molar-refractivity contribution in [2.45, 2.75) is 19.5 Å². The minimum Gasteiger partial charge on any atom is -0.480 e. The summed E-state index contributed by atoms with van der Waals surface area (Å²) in [4.78, 5) is 24.3. The minimum absolute atomic E-state index is 0.106. The second-order valence-corrected chi connectivity index (χ2v) is 4.21. The van der Waals surface area contributed by atoms with Crippen molar-refractivity contribution in [2.75, 3.05) is 5.75 Å². The van der Waals surface area contributed by atoms with Gasteiger partial charge in [0.15, 0.2) is 0 Å². The number of benzene rings is 1. The highest BCUT2D eigenvalue weighted by atomic mass is 32.1. The molecule has 0 fully saturated rings. The van der Waals surface area contributed by atoms with Crippen LogP contribution in [0.15, 0.2) is 35.3 Å². The number of carboxylic acid groups (broad SMARTS) is 1. The summed E-state index contributed by atoms with van der Waals surface area (Å²) < 4.78 is 0. The number of amides is 1. The van der Waals surface area contributed by atoms with Gasteiger partial charge >= 0.3 is 5.97 Å². The monoisotopic (exact) mass is 312 g/mol. The smallest absolute Gasteiger partial charge is 0.327 e. The molecule has 1 aromatic carbocycles. The maximum atomic E-state index is 10.3. The minimum atomic E-state index is -1.06. The second-order valence-electron chi connectivity index (χ2n) is 3.67. The zero-order valence-electron chi connectivity index (χ0n) is 10.9. The van der Waals surface area contributed by atoms with Crippen LogP contribution in [0.3, 0.4) is 0 Å². The number of aliphatic carboxylic acids is 1. The quantitative estimate of drug-likeness (QED) is 0.440. The van der Waals surface area contributed by atoms with Crippen LogP contribution >= 0.6 is 24.8 Å². The largest absolute Gasteiger partial charge is 0.480 e. The van der Waals surface area contributed by atoms with Crippen LogP contribution in [0, 0.1) is 0 Å². The van der Waals surface area contributed by atoms with Gasteiger partial charge in [0.1, 0.15) is 6.04 Å². The van der Waals surface area contributed by atoms with Gasteiger partial charge < -0.3 is 10.4 Å². The van der Waals surface area contributed by atoms with E-state index >= 15 is 0 Å². The molecule has 0 aromatic heterocycles. The van der Waals surface area contributed by atoms with Crippen LogP contribution in [0.2, 0.25) is 0 Å². The van der Waals surface area contributed by atoms with E-state index < -0.39 is 12.0 Å². The highest BCUT2D eigenvalue weighted by molar-refractivity contribution is 7.80. The predicted molar refractivity (Wildman–Crippen MR) is 84.3 cm³/mol. The molecule has 2 N–H and O–H groups in total. The fraction of sp³-hybridized carbons (Fsp3) is 0.308. The molecule has 1 amide bonds. The van der Waals surface area contributed by atoms with Crippen molar-refractivity contribution in [3.8, 4) is 0 Å². The van der Waals surface area contributed by atoms with E-state index in [-0.39, 0.29) is 11.7 Å². The fourth-order valence-corrected chi connectivity index (χ4v) is 1.45. The summed E-state index contributed by atoms with van der Waals surface area (Å²) in [7, 11) is 0. The summed E-state index contributed by atoms with van der Waals surface area (Å²) in [5.41, 5.74) is 1.17. The van der Waals surface area contributed by atoms with Crippen LogP contribution in [0.25, 0.3) is 0 Å². The number of hydrogen-bond acceptors (Lipinski definition) is 5. The number of carboxylic acids is 1. The molecule has 20 heavy (non-hydrogen) atoms. The number of nitrogens with zero attached hydrogens (tertiary/aromatic N) is 1. The lowest BCUT2D eigenvalue weighted by atomic mass is 10.2. The number of thiocarbonyl (C=S) groups is 1. The molecule has 7 heteroatoms. The maximum absolute atomic E-state index is 10.3. The van der Waals surface area contributed by atoms with Gasteiger partial charge in [0.25, 0.3) is 0 Å². The number of isothiocyanates is 1. The Kier molecular flexibility index (Phi) is 10.2. The van der Waals surface area contributed by atoms with E-state index in [0.29, 0.717) is 6.54 Å². The van der Waals surface area contributed by atoms with E-state index in [1.54, 1.807) is 0 Å². The average Bonchev–Trinajstić information content (AvgIpc) is 2.44. The number of rotatable bonds is 5. The van der Waals surface area contributed by atoms with Crippen molar-refractivity contribution in [2.24, 2.45) is 4.99 Å². The van der Waals surface area contributed by atoms with E-state index in [2.05, 4.69) is 40.3 Å². The van der Waals surface area contributed by atoms with Crippen molar-refractivity contribution in [1.29, 1.82) is 0 Å². The fourth-order valence-electron chi connectivity index (χ4n) is 1.14. The lowest BCUT2D eigenvalue weighted by Gasteiger charge is -2.08. The lowest BCUT2D eigenvalue weighted by Crippen LogP contribution is -2.40. The van der Waals surface area contributed by atoms with Crippen LogP contribution in [0.4, 0.5) is 0 Å². The molecule has 0 aliphatic rings. The van der Waals surface area contributed by atoms with Gasteiger partial charge in [0.2, 0.25) is 5.91 Å². The number of hydrogen-bond donors (Lipinski definition) is 3. The first-order valence-electron chi connectivity index (χ1n) is 5.69. The van der Waals surface area contributed by atoms with Crippen LogP contribution in [-0.2, 0) is 16.1 Å². The molecule has 0 heterocycles. The summed E-state index contributed by atoms with van der Waals surface area (Å²) in [6, 6.07) is 9.08. The van der Waals surface area contributed by atoms with Crippen LogP contribution < -0.4 is 5.32 Å². The van der Waals surface area contributed by atoms with E-state index in [9.17, 15) is 9.59 Å². The molecule has 1 atom stereocenters. The van der Waals surface area contributed by atoms with Gasteiger partial charge in [-0.05, 0) is 17.8 Å². The zero-order valence-corrected chi connectivity index (χ0v) is 12.7. The number of carbonyl (C=O) groups is 2. The van der Waals surface area contributed by atoms with E-state index in [4.69, 9.17) is 5.11 Å². The summed E-state index contributed by atoms with van der Waals surface area (Å²) in [6.07, 6.45) is 0. The van der Waals surface area contributed by atoms with Gasteiger partial charge in [-0.15, -0.1) is 0 Å². The summed E-state index contributed by atoms with van der Waals surface area (Å²) >= 11 is 8.17. The normalized spacial score (nSPS) is 10.3. The Hall–Kier alpha value is -1.69. The van der Waals surface area contributed by atoms with Gasteiger partial charge in [-0.2, -0.15) is 12.6 Å². The topological polar surface area (TPSA) is 78.8 Å². The van der Waals surface area contributed by atoms with Gasteiger partial charge in [-0.1, -0.05) is 30.3 Å². The average molecular weight is 312 g/mol. The Balaban J connectivity index is 0.000000361. The van der Waals surface area contributed by atoms with Crippen molar-refractivity contribution in [3.05, 3.63) is 35.9 Å². The first-order valence-corrected chi connectivity index (χ1v) is 6.73. The van der Waals surface area contributed by atoms with Gasteiger partial charge in [0.05, 0.1) is 11.7 Å². The van der Waals surface area contributed by atoms with Crippen LogP contribution in [0.1, 0.15) is 12.5 Å². The standard InChI is InChI=1S/C8H7NS.C5H9NO3S/c10-7-9-6-8-4-2-1-3-5-8;1-3(7)6-4(2-10)5(8)9/h1-5H,6H2;4,10H,2H2,1H3,(H,6,7)(H,8,9)/t;4-/m.0/s1. The van der Waals surface area contributed by atoms with E-state index in [0.717, 1.165) is 0 Å². The van der Waals surface area contributed by atoms with Crippen molar-refractivity contribution >= 4 is 41.9 Å². The molecule has 0 radical (unpaired) electrons. The molecule has 0 saturated carbocycles. The Labute approximate surface area is 128 Å². The predicted octanol–water partition coefficient (Wildman–Crippen LogP) is 1.79. The first-order chi connectivity index (χ1) is 9.51. The Morgan fingerprint density at radius 2 is 2.05 bits per heavy atom. The molecular formula is C13H16N2O3S2. The molecule has 0 aliphatic heterocycles.